The van der Waals surface area contributed by atoms with Crippen molar-refractivity contribution >= 4 is 23.2 Å². The van der Waals surface area contributed by atoms with Crippen molar-refractivity contribution in [3.8, 4) is 0 Å². The van der Waals surface area contributed by atoms with Crippen molar-refractivity contribution in [2.45, 2.75) is 0 Å². The number of aromatic nitrogens is 2. The summed E-state index contributed by atoms with van der Waals surface area (Å²) in [5, 5.41) is 2.70. The van der Waals surface area contributed by atoms with Crippen molar-refractivity contribution in [2.75, 3.05) is 5.32 Å². The van der Waals surface area contributed by atoms with Gasteiger partial charge in [0.15, 0.2) is 0 Å². The quantitative estimate of drug-likeness (QED) is 0.892. The molecule has 4 nitrogen and oxygen atoms in total. The van der Waals surface area contributed by atoms with Gasteiger partial charge in [-0.15, -0.1) is 0 Å². The van der Waals surface area contributed by atoms with E-state index in [4.69, 9.17) is 11.6 Å². The van der Waals surface area contributed by atoms with Gasteiger partial charge in [0, 0.05) is 5.69 Å². The molecule has 1 aromatic carbocycles. The smallest absolute Gasteiger partial charge is 0.275 e. The molecule has 0 saturated carbocycles. The van der Waals surface area contributed by atoms with E-state index >= 15 is 0 Å². The van der Waals surface area contributed by atoms with Gasteiger partial charge in [-0.3, -0.25) is 4.79 Å². The van der Waals surface area contributed by atoms with Gasteiger partial charge in [-0.1, -0.05) is 17.7 Å². The lowest BCUT2D eigenvalue weighted by molar-refractivity contribution is 0.102. The summed E-state index contributed by atoms with van der Waals surface area (Å²) < 4.78 is 12.9. The van der Waals surface area contributed by atoms with Crippen molar-refractivity contribution in [3.63, 3.8) is 0 Å². The van der Waals surface area contributed by atoms with E-state index < -0.39 is 11.7 Å². The van der Waals surface area contributed by atoms with Gasteiger partial charge in [0.05, 0.1) is 12.4 Å². The number of hydrogen-bond acceptors (Lipinski definition) is 3. The van der Waals surface area contributed by atoms with Crippen molar-refractivity contribution in [1.82, 2.24) is 9.97 Å². The van der Waals surface area contributed by atoms with Crippen molar-refractivity contribution < 1.29 is 9.18 Å². The van der Waals surface area contributed by atoms with Crippen LogP contribution in [0.1, 0.15) is 10.5 Å². The van der Waals surface area contributed by atoms with Crippen LogP contribution in [0.2, 0.25) is 5.15 Å². The Labute approximate surface area is 101 Å². The normalized spacial score (nSPS) is 10.0. The summed E-state index contributed by atoms with van der Waals surface area (Å²) in [4.78, 5) is 19.2. The zero-order valence-corrected chi connectivity index (χ0v) is 9.28. The molecule has 0 aliphatic carbocycles. The zero-order chi connectivity index (χ0) is 12.3. The minimum Gasteiger partial charge on any atom is -0.321 e. The third-order valence-electron chi connectivity index (χ3n) is 1.94. The van der Waals surface area contributed by atoms with Crippen molar-refractivity contribution in [2.24, 2.45) is 0 Å². The molecule has 0 saturated heterocycles. The van der Waals surface area contributed by atoms with E-state index in [0.29, 0.717) is 5.69 Å². The minimum atomic E-state index is -0.472. The topological polar surface area (TPSA) is 54.9 Å². The summed E-state index contributed by atoms with van der Waals surface area (Å²) in [5.41, 5.74) is 0.463. The van der Waals surface area contributed by atoms with Crippen molar-refractivity contribution in [3.05, 3.63) is 53.3 Å². The fraction of sp³-hybridized carbons (Fsp3) is 0. The lowest BCUT2D eigenvalue weighted by Crippen LogP contribution is -2.13. The summed E-state index contributed by atoms with van der Waals surface area (Å²) in [6.45, 7) is 0. The van der Waals surface area contributed by atoms with E-state index in [1.54, 1.807) is 6.07 Å². The molecule has 0 bridgehead atoms. The van der Waals surface area contributed by atoms with Crippen LogP contribution in [-0.2, 0) is 0 Å². The highest BCUT2D eigenvalue weighted by atomic mass is 35.5. The number of amides is 1. The maximum atomic E-state index is 12.9. The first-order valence-corrected chi connectivity index (χ1v) is 5.07. The molecule has 6 heteroatoms. The molecule has 0 radical (unpaired) electrons. The molecule has 17 heavy (non-hydrogen) atoms. The second-order valence-electron chi connectivity index (χ2n) is 3.19. The van der Waals surface area contributed by atoms with Crippen LogP contribution in [0.25, 0.3) is 0 Å². The number of carbonyl (C=O) groups excluding carboxylic acids is 1. The van der Waals surface area contributed by atoms with Gasteiger partial charge in [-0.25, -0.2) is 14.4 Å². The Kier molecular flexibility index (Phi) is 3.30. The molecule has 0 fully saturated rings. The Hall–Kier alpha value is -2.01. The molecule has 1 amide bonds. The molecular formula is C11H7ClFN3O. The van der Waals surface area contributed by atoms with Gasteiger partial charge in [0.1, 0.15) is 16.7 Å². The first kappa shape index (κ1) is 11.5. The molecule has 0 unspecified atom stereocenters. The number of halogens is 2. The fourth-order valence-electron chi connectivity index (χ4n) is 1.19. The zero-order valence-electron chi connectivity index (χ0n) is 8.52. The van der Waals surface area contributed by atoms with Crippen LogP contribution in [-0.4, -0.2) is 15.9 Å². The van der Waals surface area contributed by atoms with Crippen LogP contribution >= 0.6 is 11.6 Å². The van der Waals surface area contributed by atoms with Crippen LogP contribution in [0.4, 0.5) is 10.1 Å². The van der Waals surface area contributed by atoms with Crippen LogP contribution in [0.3, 0.4) is 0 Å². The van der Waals surface area contributed by atoms with E-state index in [9.17, 15) is 9.18 Å². The predicted octanol–water partition coefficient (Wildman–Crippen LogP) is 2.52. The highest BCUT2D eigenvalue weighted by molar-refractivity contribution is 6.29. The van der Waals surface area contributed by atoms with E-state index in [-0.39, 0.29) is 10.8 Å². The second-order valence-corrected chi connectivity index (χ2v) is 3.58. The number of hydrogen-bond donors (Lipinski definition) is 1. The number of carbonyl (C=O) groups is 1. The maximum Gasteiger partial charge on any atom is 0.275 e. The molecule has 1 heterocycles. The first-order valence-electron chi connectivity index (χ1n) is 4.69. The van der Waals surface area contributed by atoms with E-state index in [2.05, 4.69) is 15.3 Å². The van der Waals surface area contributed by atoms with Gasteiger partial charge in [-0.2, -0.15) is 0 Å². The molecule has 0 atom stereocenters. The highest BCUT2D eigenvalue weighted by Crippen LogP contribution is 2.10. The molecule has 0 aliphatic heterocycles. The Morgan fingerprint density at radius 2 is 2.12 bits per heavy atom. The van der Waals surface area contributed by atoms with Gasteiger partial charge < -0.3 is 5.32 Å². The highest BCUT2D eigenvalue weighted by Gasteiger charge is 2.08. The molecule has 2 rings (SSSR count). The predicted molar refractivity (Wildman–Crippen MR) is 61.4 cm³/mol. The van der Waals surface area contributed by atoms with Gasteiger partial charge >= 0.3 is 0 Å². The van der Waals surface area contributed by atoms with Gasteiger partial charge in [-0.05, 0) is 18.2 Å². The summed E-state index contributed by atoms with van der Waals surface area (Å²) in [6.07, 6.45) is 2.51. The molecule has 0 aliphatic rings. The largest absolute Gasteiger partial charge is 0.321 e. The monoisotopic (exact) mass is 251 g/mol. The lowest BCUT2D eigenvalue weighted by atomic mass is 10.3. The fourth-order valence-corrected chi connectivity index (χ4v) is 1.29. The Morgan fingerprint density at radius 3 is 2.76 bits per heavy atom. The van der Waals surface area contributed by atoms with Crippen LogP contribution < -0.4 is 5.32 Å². The number of benzene rings is 1. The first-order chi connectivity index (χ1) is 8.15. The number of rotatable bonds is 2. The average Bonchev–Trinajstić information content (AvgIpc) is 2.29. The summed E-state index contributed by atoms with van der Waals surface area (Å²) >= 11 is 5.54. The SMILES string of the molecule is O=C(Nc1cccc(F)c1)c1cnc(Cl)cn1. The van der Waals surface area contributed by atoms with Crippen LogP contribution in [0.5, 0.6) is 0 Å². The third-order valence-corrected chi connectivity index (χ3v) is 2.13. The van der Waals surface area contributed by atoms with Gasteiger partial charge in [0.2, 0.25) is 0 Å². The molecule has 86 valence electrons. The van der Waals surface area contributed by atoms with E-state index in [0.717, 1.165) is 0 Å². The lowest BCUT2D eigenvalue weighted by Gasteiger charge is -2.03. The third kappa shape index (κ3) is 2.98. The Morgan fingerprint density at radius 1 is 1.29 bits per heavy atom. The number of anilines is 1. The minimum absolute atomic E-state index is 0.110. The van der Waals surface area contributed by atoms with Crippen molar-refractivity contribution in [1.29, 1.82) is 0 Å². The Balaban J connectivity index is 2.14. The van der Waals surface area contributed by atoms with E-state index in [1.165, 1.54) is 30.6 Å². The molecule has 0 spiro atoms. The van der Waals surface area contributed by atoms with Gasteiger partial charge in [0.25, 0.3) is 5.91 Å². The summed E-state index contributed by atoms with van der Waals surface area (Å²) in [5.74, 6) is -0.898. The maximum absolute atomic E-state index is 12.9. The average molecular weight is 252 g/mol. The van der Waals surface area contributed by atoms with Crippen LogP contribution in [0.15, 0.2) is 36.7 Å². The summed E-state index contributed by atoms with van der Waals surface area (Å²) in [6, 6.07) is 5.57. The second kappa shape index (κ2) is 4.88. The summed E-state index contributed by atoms with van der Waals surface area (Å²) in [7, 11) is 0. The number of nitrogens with one attached hydrogen (secondary N) is 1. The van der Waals surface area contributed by atoms with Crippen LogP contribution in [0, 0.1) is 5.82 Å². The van der Waals surface area contributed by atoms with E-state index in [1.807, 2.05) is 0 Å². The number of nitrogens with zero attached hydrogens (tertiary/aromatic N) is 2. The molecular weight excluding hydrogens is 245 g/mol. The molecule has 1 aromatic heterocycles. The Bertz CT molecular complexity index is 545. The standard InChI is InChI=1S/C11H7ClFN3O/c12-10-6-14-9(5-15-10)11(17)16-8-3-1-2-7(13)4-8/h1-6H,(H,16,17). The molecule has 1 N–H and O–H groups in total. The molecule has 2 aromatic rings.